The fourth-order valence-electron chi connectivity index (χ4n) is 3.31. The van der Waals surface area contributed by atoms with Gasteiger partial charge in [0.05, 0.1) is 12.8 Å². The number of pyridine rings is 1. The molecule has 2 aromatic heterocycles. The van der Waals surface area contributed by atoms with Crippen LogP contribution >= 0.6 is 0 Å². The van der Waals surface area contributed by atoms with Crippen molar-refractivity contribution < 1.29 is 14.3 Å². The van der Waals surface area contributed by atoms with Gasteiger partial charge >= 0.3 is 0 Å². The lowest BCUT2D eigenvalue weighted by atomic mass is 10.2. The van der Waals surface area contributed by atoms with E-state index < -0.39 is 0 Å². The molecule has 6 heteroatoms. The minimum Gasteiger partial charge on any atom is -0.493 e. The molecule has 4 rings (SSSR count). The number of hydrogen-bond acceptors (Lipinski definition) is 4. The zero-order valence-electron chi connectivity index (χ0n) is 17.9. The third-order valence-electron chi connectivity index (χ3n) is 4.93. The van der Waals surface area contributed by atoms with Crippen LogP contribution in [0.3, 0.4) is 0 Å². The van der Waals surface area contributed by atoms with Crippen LogP contribution in [0.2, 0.25) is 0 Å². The number of rotatable bonds is 9. The summed E-state index contributed by atoms with van der Waals surface area (Å²) in [5, 5.41) is 2.90. The van der Waals surface area contributed by atoms with Crippen LogP contribution < -0.4 is 14.8 Å². The van der Waals surface area contributed by atoms with E-state index in [-0.39, 0.29) is 5.91 Å². The molecule has 0 unspecified atom stereocenters. The van der Waals surface area contributed by atoms with E-state index in [1.807, 2.05) is 83.5 Å². The van der Waals surface area contributed by atoms with Gasteiger partial charge in [0.2, 0.25) is 5.91 Å². The van der Waals surface area contributed by atoms with E-state index in [2.05, 4.69) is 10.3 Å². The SMILES string of the molecule is COc1cccn2cc(CCNC(=O)/C=C/c3cccc(OCc4ccccc4)c3)nc12. The Bertz CT molecular complexity index is 1220. The smallest absolute Gasteiger partial charge is 0.244 e. The molecule has 0 aliphatic rings. The van der Waals surface area contributed by atoms with Crippen LogP contribution in [0.4, 0.5) is 0 Å². The highest BCUT2D eigenvalue weighted by atomic mass is 16.5. The van der Waals surface area contributed by atoms with Crippen LogP contribution in [0, 0.1) is 0 Å². The average molecular weight is 428 g/mol. The number of ether oxygens (including phenoxy) is 2. The number of nitrogens with zero attached hydrogens (tertiary/aromatic N) is 2. The second-order valence-electron chi connectivity index (χ2n) is 7.26. The molecule has 0 atom stereocenters. The van der Waals surface area contributed by atoms with Crippen molar-refractivity contribution in [1.29, 1.82) is 0 Å². The third kappa shape index (κ3) is 5.55. The quantitative estimate of drug-likeness (QED) is 0.405. The van der Waals surface area contributed by atoms with Gasteiger partial charge in [-0.25, -0.2) is 4.98 Å². The summed E-state index contributed by atoms with van der Waals surface area (Å²) in [4.78, 5) is 16.8. The van der Waals surface area contributed by atoms with Gasteiger partial charge in [-0.15, -0.1) is 0 Å². The number of nitrogens with one attached hydrogen (secondary N) is 1. The molecule has 0 spiro atoms. The largest absolute Gasteiger partial charge is 0.493 e. The van der Waals surface area contributed by atoms with Crippen LogP contribution in [0.25, 0.3) is 11.7 Å². The first-order valence-electron chi connectivity index (χ1n) is 10.4. The van der Waals surface area contributed by atoms with Gasteiger partial charge in [0.15, 0.2) is 11.4 Å². The first-order chi connectivity index (χ1) is 15.7. The van der Waals surface area contributed by atoms with Crippen molar-refractivity contribution in [3.05, 3.63) is 102 Å². The normalized spacial score (nSPS) is 11.0. The third-order valence-corrected chi connectivity index (χ3v) is 4.93. The molecule has 1 amide bonds. The maximum atomic E-state index is 12.2. The molecule has 0 radical (unpaired) electrons. The molecule has 4 aromatic rings. The van der Waals surface area contributed by atoms with E-state index >= 15 is 0 Å². The van der Waals surface area contributed by atoms with Gasteiger partial charge in [0, 0.05) is 31.4 Å². The Morgan fingerprint density at radius 1 is 1.09 bits per heavy atom. The highest BCUT2D eigenvalue weighted by molar-refractivity contribution is 5.91. The van der Waals surface area contributed by atoms with E-state index in [4.69, 9.17) is 9.47 Å². The Morgan fingerprint density at radius 2 is 1.97 bits per heavy atom. The first kappa shape index (κ1) is 21.2. The standard InChI is InChI=1S/C26H25N3O3/c1-31-24-11-6-16-29-18-22(28-26(24)29)14-15-27-25(30)13-12-20-9-5-10-23(17-20)32-19-21-7-3-2-4-8-21/h2-13,16-18H,14-15,19H2,1H3,(H,27,30)/b13-12+. The van der Waals surface area contributed by atoms with Gasteiger partial charge in [-0.3, -0.25) is 4.79 Å². The minimum absolute atomic E-state index is 0.151. The molecule has 0 fully saturated rings. The lowest BCUT2D eigenvalue weighted by Gasteiger charge is -2.07. The number of benzene rings is 2. The van der Waals surface area contributed by atoms with E-state index in [1.54, 1.807) is 13.2 Å². The second kappa shape index (κ2) is 10.3. The molecule has 0 aliphatic heterocycles. The summed E-state index contributed by atoms with van der Waals surface area (Å²) in [6.45, 7) is 0.999. The highest BCUT2D eigenvalue weighted by Crippen LogP contribution is 2.18. The summed E-state index contributed by atoms with van der Waals surface area (Å²) in [6.07, 6.45) is 7.81. The molecule has 0 saturated heterocycles. The number of imidazole rings is 1. The number of methoxy groups -OCH3 is 1. The molecule has 32 heavy (non-hydrogen) atoms. The fourth-order valence-corrected chi connectivity index (χ4v) is 3.31. The van der Waals surface area contributed by atoms with Crippen LogP contribution in [0.5, 0.6) is 11.5 Å². The Balaban J connectivity index is 1.27. The van der Waals surface area contributed by atoms with Crippen LogP contribution in [0.15, 0.2) is 85.2 Å². The number of carbonyl (C=O) groups is 1. The molecular weight excluding hydrogens is 402 g/mol. The summed E-state index contributed by atoms with van der Waals surface area (Å²) < 4.78 is 13.1. The summed E-state index contributed by atoms with van der Waals surface area (Å²) >= 11 is 0. The predicted octanol–water partition coefficient (Wildman–Crippen LogP) is 4.29. The summed E-state index contributed by atoms with van der Waals surface area (Å²) in [6, 6.07) is 21.5. The van der Waals surface area contributed by atoms with Crippen molar-refractivity contribution in [3.63, 3.8) is 0 Å². The summed E-state index contributed by atoms with van der Waals surface area (Å²) in [5.74, 6) is 1.33. The van der Waals surface area contributed by atoms with Crippen molar-refractivity contribution in [3.8, 4) is 11.5 Å². The molecule has 6 nitrogen and oxygen atoms in total. The lowest BCUT2D eigenvalue weighted by molar-refractivity contribution is -0.116. The average Bonchev–Trinajstić information content (AvgIpc) is 3.25. The molecule has 0 aliphatic carbocycles. The predicted molar refractivity (Wildman–Crippen MR) is 125 cm³/mol. The van der Waals surface area contributed by atoms with Gasteiger partial charge < -0.3 is 19.2 Å². The van der Waals surface area contributed by atoms with Crippen molar-refractivity contribution in [2.45, 2.75) is 13.0 Å². The van der Waals surface area contributed by atoms with Gasteiger partial charge in [0.25, 0.3) is 0 Å². The van der Waals surface area contributed by atoms with Crippen LogP contribution in [-0.2, 0) is 17.8 Å². The maximum Gasteiger partial charge on any atom is 0.244 e. The van der Waals surface area contributed by atoms with E-state index in [1.165, 1.54) is 6.08 Å². The van der Waals surface area contributed by atoms with Crippen molar-refractivity contribution in [2.75, 3.05) is 13.7 Å². The van der Waals surface area contributed by atoms with Gasteiger partial charge in [-0.2, -0.15) is 0 Å². The number of fused-ring (bicyclic) bond motifs is 1. The van der Waals surface area contributed by atoms with Gasteiger partial charge in [0.1, 0.15) is 12.4 Å². The molecule has 2 aromatic carbocycles. The van der Waals surface area contributed by atoms with Crippen molar-refractivity contribution in [2.24, 2.45) is 0 Å². The van der Waals surface area contributed by atoms with Crippen molar-refractivity contribution in [1.82, 2.24) is 14.7 Å². The number of amides is 1. The zero-order valence-corrected chi connectivity index (χ0v) is 17.9. The van der Waals surface area contributed by atoms with Gasteiger partial charge in [-0.05, 0) is 41.5 Å². The fraction of sp³-hybridized carbons (Fsp3) is 0.154. The number of carbonyl (C=O) groups excluding carboxylic acids is 1. The summed E-state index contributed by atoms with van der Waals surface area (Å²) in [7, 11) is 1.63. The second-order valence-corrected chi connectivity index (χ2v) is 7.26. The van der Waals surface area contributed by atoms with E-state index in [0.29, 0.717) is 19.6 Å². The molecule has 1 N–H and O–H groups in total. The topological polar surface area (TPSA) is 64.9 Å². The van der Waals surface area contributed by atoms with Gasteiger partial charge in [-0.1, -0.05) is 42.5 Å². The summed E-state index contributed by atoms with van der Waals surface area (Å²) in [5.41, 5.74) is 3.67. The Hall–Kier alpha value is -4.06. The van der Waals surface area contributed by atoms with Crippen LogP contribution in [-0.4, -0.2) is 28.9 Å². The highest BCUT2D eigenvalue weighted by Gasteiger charge is 2.06. The van der Waals surface area contributed by atoms with Crippen molar-refractivity contribution >= 4 is 17.6 Å². The monoisotopic (exact) mass is 427 g/mol. The molecular formula is C26H25N3O3. The van der Waals surface area contributed by atoms with E-state index in [9.17, 15) is 4.79 Å². The Kier molecular flexibility index (Phi) is 6.82. The maximum absolute atomic E-state index is 12.2. The molecule has 0 bridgehead atoms. The zero-order chi connectivity index (χ0) is 22.2. The Morgan fingerprint density at radius 3 is 2.81 bits per heavy atom. The van der Waals surface area contributed by atoms with Crippen LogP contribution in [0.1, 0.15) is 16.8 Å². The lowest BCUT2D eigenvalue weighted by Crippen LogP contribution is -2.23. The molecule has 162 valence electrons. The Labute approximate surface area is 187 Å². The number of hydrogen-bond donors (Lipinski definition) is 1. The minimum atomic E-state index is -0.151. The molecule has 0 saturated carbocycles. The molecule has 2 heterocycles. The van der Waals surface area contributed by atoms with E-state index in [0.717, 1.165) is 34.0 Å². The first-order valence-corrected chi connectivity index (χ1v) is 10.4. The number of aromatic nitrogens is 2.